The van der Waals surface area contributed by atoms with Crippen LogP contribution in [-0.4, -0.2) is 58.7 Å². The van der Waals surface area contributed by atoms with Gasteiger partial charge in [-0.05, 0) is 68.1 Å². The number of ether oxygens (including phenoxy) is 2. The lowest BCUT2D eigenvalue weighted by molar-refractivity contribution is 0.0114. The summed E-state index contributed by atoms with van der Waals surface area (Å²) < 4.78 is 11.5. The molecular formula is C27H33ClN2O5. The second kappa shape index (κ2) is 10.5. The number of amides is 1. The number of nitrogens with one attached hydrogen (secondary N) is 1. The third kappa shape index (κ3) is 5.13. The summed E-state index contributed by atoms with van der Waals surface area (Å²) in [6.07, 6.45) is 0.715. The molecule has 0 spiro atoms. The normalized spacial score (nSPS) is 16.0. The maximum absolute atomic E-state index is 13.0. The molecule has 1 atom stereocenters. The molecule has 7 nitrogen and oxygen atoms in total. The minimum atomic E-state index is -0.681. The van der Waals surface area contributed by atoms with Crippen molar-refractivity contribution in [1.82, 2.24) is 9.88 Å². The average molecular weight is 501 g/mol. The minimum Gasteiger partial charge on any atom is -0.493 e. The number of halogens is 1. The molecule has 4 rings (SSSR count). The molecule has 188 valence electrons. The van der Waals surface area contributed by atoms with Crippen molar-refractivity contribution in [2.24, 2.45) is 5.41 Å². The molecule has 0 saturated carbocycles. The van der Waals surface area contributed by atoms with Crippen LogP contribution in [0.3, 0.4) is 0 Å². The molecule has 0 unspecified atom stereocenters. The van der Waals surface area contributed by atoms with Gasteiger partial charge in [0.2, 0.25) is 0 Å². The number of aromatic nitrogens is 1. The fourth-order valence-electron chi connectivity index (χ4n) is 4.52. The Morgan fingerprint density at radius 1 is 1.20 bits per heavy atom. The summed E-state index contributed by atoms with van der Waals surface area (Å²) in [4.78, 5) is 18.3. The molecule has 1 aliphatic heterocycles. The van der Waals surface area contributed by atoms with Gasteiger partial charge in [0.1, 0.15) is 11.8 Å². The minimum absolute atomic E-state index is 0.153. The topological polar surface area (TPSA) is 95.0 Å². The molecule has 2 heterocycles. The van der Waals surface area contributed by atoms with Gasteiger partial charge in [-0.2, -0.15) is 0 Å². The highest BCUT2D eigenvalue weighted by Gasteiger charge is 2.36. The Morgan fingerprint density at radius 3 is 2.54 bits per heavy atom. The lowest BCUT2D eigenvalue weighted by Crippen LogP contribution is -2.41. The third-order valence-corrected chi connectivity index (χ3v) is 7.06. The molecule has 35 heavy (non-hydrogen) atoms. The lowest BCUT2D eigenvalue weighted by Gasteiger charge is -2.36. The van der Waals surface area contributed by atoms with Crippen molar-refractivity contribution >= 4 is 28.6 Å². The quantitative estimate of drug-likeness (QED) is 0.401. The van der Waals surface area contributed by atoms with Crippen LogP contribution in [0.25, 0.3) is 10.9 Å². The Morgan fingerprint density at radius 2 is 1.91 bits per heavy atom. The Labute approximate surface area is 210 Å². The van der Waals surface area contributed by atoms with Crippen LogP contribution in [0.4, 0.5) is 4.79 Å². The smallest absolute Gasteiger partial charge is 0.410 e. The van der Waals surface area contributed by atoms with Crippen LogP contribution in [0.2, 0.25) is 5.02 Å². The molecule has 0 radical (unpaired) electrons. The lowest BCUT2D eigenvalue weighted by atomic mass is 9.88. The molecular weight excluding hydrogens is 468 g/mol. The molecule has 0 aliphatic carbocycles. The van der Waals surface area contributed by atoms with Gasteiger partial charge >= 0.3 is 6.09 Å². The number of benzene rings is 2. The van der Waals surface area contributed by atoms with Crippen molar-refractivity contribution in [3.05, 3.63) is 64.3 Å². The maximum atomic E-state index is 13.0. The van der Waals surface area contributed by atoms with E-state index >= 15 is 0 Å². The van der Waals surface area contributed by atoms with Crippen LogP contribution in [0.1, 0.15) is 50.1 Å². The predicted molar refractivity (Wildman–Crippen MR) is 136 cm³/mol. The van der Waals surface area contributed by atoms with Crippen molar-refractivity contribution in [2.75, 3.05) is 26.4 Å². The molecule has 0 saturated heterocycles. The van der Waals surface area contributed by atoms with Gasteiger partial charge in [-0.25, -0.2) is 4.79 Å². The third-order valence-electron chi connectivity index (χ3n) is 6.82. The summed E-state index contributed by atoms with van der Waals surface area (Å²) in [6.45, 7) is 6.02. The molecule has 0 bridgehead atoms. The van der Waals surface area contributed by atoms with Gasteiger partial charge in [-0.15, -0.1) is 0 Å². The van der Waals surface area contributed by atoms with E-state index in [1.165, 1.54) is 0 Å². The van der Waals surface area contributed by atoms with Gasteiger partial charge in [0, 0.05) is 28.2 Å². The number of carbonyl (C=O) groups excluding carboxylic acids is 1. The highest BCUT2D eigenvalue weighted by Crippen LogP contribution is 2.40. The number of aliphatic hydroxyl groups is 2. The van der Waals surface area contributed by atoms with Gasteiger partial charge in [0.25, 0.3) is 0 Å². The summed E-state index contributed by atoms with van der Waals surface area (Å²) in [5, 5.41) is 21.1. The zero-order valence-corrected chi connectivity index (χ0v) is 21.1. The highest BCUT2D eigenvalue weighted by atomic mass is 35.5. The van der Waals surface area contributed by atoms with Gasteiger partial charge < -0.3 is 24.7 Å². The Bertz CT molecular complexity index is 1160. The largest absolute Gasteiger partial charge is 0.493 e. The van der Waals surface area contributed by atoms with Crippen molar-refractivity contribution < 1.29 is 24.5 Å². The zero-order chi connectivity index (χ0) is 25.2. The Kier molecular flexibility index (Phi) is 7.59. The van der Waals surface area contributed by atoms with Crippen LogP contribution in [0, 0.1) is 5.41 Å². The van der Waals surface area contributed by atoms with Crippen molar-refractivity contribution in [2.45, 2.75) is 45.8 Å². The van der Waals surface area contributed by atoms with Crippen molar-refractivity contribution in [3.8, 4) is 5.75 Å². The summed E-state index contributed by atoms with van der Waals surface area (Å²) in [5.74, 6) is 0.629. The predicted octanol–water partition coefficient (Wildman–Crippen LogP) is 5.07. The van der Waals surface area contributed by atoms with Gasteiger partial charge in [0.05, 0.1) is 31.3 Å². The number of nitrogens with zero attached hydrogens (tertiary/aromatic N) is 1. The summed E-state index contributed by atoms with van der Waals surface area (Å²) in [6, 6.07) is 13.0. The molecule has 1 aromatic heterocycles. The number of fused-ring (bicyclic) bond motifs is 3. The number of hydrogen-bond donors (Lipinski definition) is 3. The van der Waals surface area contributed by atoms with Crippen LogP contribution in [0.5, 0.6) is 5.75 Å². The SMILES string of the molecule is CCC(CO)(CO)COc1ccc([C@H]2c3[nH]c4ccc(Cl)cc4c3CCN2C(=O)OC(C)C)cc1. The molecule has 2 aromatic carbocycles. The second-order valence-corrected chi connectivity index (χ2v) is 9.95. The van der Waals surface area contributed by atoms with Gasteiger partial charge in [-0.1, -0.05) is 30.7 Å². The molecule has 3 N–H and O–H groups in total. The highest BCUT2D eigenvalue weighted by molar-refractivity contribution is 6.31. The average Bonchev–Trinajstić information content (AvgIpc) is 3.22. The second-order valence-electron chi connectivity index (χ2n) is 9.51. The first-order valence-electron chi connectivity index (χ1n) is 12.0. The van der Waals surface area contributed by atoms with Crippen molar-refractivity contribution in [3.63, 3.8) is 0 Å². The van der Waals surface area contributed by atoms with E-state index in [0.717, 1.165) is 27.7 Å². The number of H-pyrrole nitrogens is 1. The molecule has 0 fully saturated rings. The molecule has 1 aliphatic rings. The molecule has 3 aromatic rings. The summed E-state index contributed by atoms with van der Waals surface area (Å²) in [7, 11) is 0. The van der Waals surface area contributed by atoms with E-state index in [1.807, 2.05) is 63.2 Å². The number of carbonyl (C=O) groups is 1. The van der Waals surface area contributed by atoms with Crippen molar-refractivity contribution in [1.29, 1.82) is 0 Å². The van der Waals surface area contributed by atoms with Gasteiger partial charge in [-0.3, -0.25) is 4.90 Å². The van der Waals surface area contributed by atoms with Gasteiger partial charge in [0.15, 0.2) is 0 Å². The zero-order valence-electron chi connectivity index (χ0n) is 20.4. The van der Waals surface area contributed by atoms with Crippen LogP contribution >= 0.6 is 11.6 Å². The molecule has 1 amide bonds. The van der Waals surface area contributed by atoms with Crippen LogP contribution in [0.15, 0.2) is 42.5 Å². The van der Waals surface area contributed by atoms with E-state index in [9.17, 15) is 15.0 Å². The monoisotopic (exact) mass is 500 g/mol. The summed E-state index contributed by atoms with van der Waals surface area (Å²) >= 11 is 6.27. The summed E-state index contributed by atoms with van der Waals surface area (Å²) in [5.41, 5.74) is 3.32. The van der Waals surface area contributed by atoms with E-state index in [-0.39, 0.29) is 38.1 Å². The first-order chi connectivity index (χ1) is 16.8. The van der Waals surface area contributed by atoms with E-state index in [2.05, 4.69) is 4.98 Å². The first kappa shape index (κ1) is 25.4. The van der Waals surface area contributed by atoms with Crippen LogP contribution < -0.4 is 4.74 Å². The number of rotatable bonds is 8. The number of hydrogen-bond acceptors (Lipinski definition) is 5. The Hall–Kier alpha value is -2.74. The number of aliphatic hydroxyl groups excluding tert-OH is 2. The van der Waals surface area contributed by atoms with E-state index in [1.54, 1.807) is 4.90 Å². The molecule has 8 heteroatoms. The standard InChI is InChI=1S/C27H33ClN2O5/c1-4-27(14-31,15-32)16-34-20-8-5-18(6-9-20)25-24-21(11-12-30(25)26(33)35-17(2)3)22-13-19(28)7-10-23(22)29-24/h5-10,13,17,25,29,31-32H,4,11-12,14-16H2,1-3H3/t25-/m0/s1. The fourth-order valence-corrected chi connectivity index (χ4v) is 4.70. The fraction of sp³-hybridized carbons (Fsp3) is 0.444. The van der Waals surface area contributed by atoms with Crippen LogP contribution in [-0.2, 0) is 11.2 Å². The van der Waals surface area contributed by atoms with E-state index < -0.39 is 5.41 Å². The van der Waals surface area contributed by atoms with E-state index in [0.29, 0.717) is 30.2 Å². The Balaban J connectivity index is 1.68. The number of aromatic amines is 1. The first-order valence-corrected chi connectivity index (χ1v) is 12.4. The van der Waals surface area contributed by atoms with E-state index in [4.69, 9.17) is 21.1 Å². The maximum Gasteiger partial charge on any atom is 0.410 e.